The number of amides is 2. The number of thiazole rings is 1. The molecule has 0 spiro atoms. The van der Waals surface area contributed by atoms with Crippen molar-refractivity contribution >= 4 is 39.9 Å². The van der Waals surface area contributed by atoms with Crippen LogP contribution in [-0.4, -0.2) is 34.3 Å². The lowest BCUT2D eigenvalue weighted by Crippen LogP contribution is -2.46. The fourth-order valence-electron chi connectivity index (χ4n) is 3.57. The minimum atomic E-state index is -0.593. The third kappa shape index (κ3) is 3.52. The van der Waals surface area contributed by atoms with Crippen molar-refractivity contribution in [3.63, 3.8) is 0 Å². The number of ether oxygens (including phenoxy) is 1. The molecular weight excluding hydrogens is 398 g/mol. The smallest absolute Gasteiger partial charge is 0.290 e. The monoisotopic (exact) mass is 417 g/mol. The number of fused-ring (bicyclic) bond motifs is 1. The van der Waals surface area contributed by atoms with Gasteiger partial charge in [-0.2, -0.15) is 0 Å². The van der Waals surface area contributed by atoms with Crippen LogP contribution in [0.25, 0.3) is 0 Å². The normalized spacial score (nSPS) is 16.7. The Balaban J connectivity index is 1.57. The number of nitrogens with one attached hydrogen (secondary N) is 1. The predicted octanol–water partition coefficient (Wildman–Crippen LogP) is 3.88. The van der Waals surface area contributed by atoms with Crippen LogP contribution in [-0.2, 0) is 16.0 Å². The second-order valence-electron chi connectivity index (χ2n) is 7.34. The number of carbonyl (C=O) groups excluding carboxylic acids is 2. The molecule has 4 rings (SSSR count). The van der Waals surface area contributed by atoms with E-state index in [1.807, 2.05) is 26.0 Å². The lowest BCUT2D eigenvalue weighted by atomic mass is 10.0. The van der Waals surface area contributed by atoms with Crippen molar-refractivity contribution in [3.05, 3.63) is 51.7 Å². The number of aromatic nitrogens is 1. The third-order valence-corrected chi connectivity index (χ3v) is 5.82. The zero-order chi connectivity index (χ0) is 19.8. The van der Waals surface area contributed by atoms with Crippen molar-refractivity contribution in [1.82, 2.24) is 9.88 Å². The van der Waals surface area contributed by atoms with Crippen LogP contribution in [0.15, 0.2) is 41.1 Å². The maximum Gasteiger partial charge on any atom is 0.290 e. The van der Waals surface area contributed by atoms with E-state index in [9.17, 15) is 9.59 Å². The highest BCUT2D eigenvalue weighted by Gasteiger charge is 2.42. The molecule has 0 bridgehead atoms. The zero-order valence-electron chi connectivity index (χ0n) is 15.6. The number of para-hydroxylation sites is 1. The second kappa shape index (κ2) is 7.56. The first-order valence-corrected chi connectivity index (χ1v) is 10.4. The maximum absolute atomic E-state index is 13.1. The molecular formula is C20H20ClN3O3S. The van der Waals surface area contributed by atoms with E-state index in [4.69, 9.17) is 16.3 Å². The average Bonchev–Trinajstić information content (AvgIpc) is 3.27. The molecule has 1 unspecified atom stereocenters. The van der Waals surface area contributed by atoms with Gasteiger partial charge in [-0.05, 0) is 18.4 Å². The molecule has 1 aromatic heterocycles. The van der Waals surface area contributed by atoms with E-state index in [0.29, 0.717) is 41.0 Å². The third-order valence-electron chi connectivity index (χ3n) is 4.83. The van der Waals surface area contributed by atoms with Gasteiger partial charge in [-0.25, -0.2) is 4.98 Å². The quantitative estimate of drug-likeness (QED) is 0.801. The minimum Gasteiger partial charge on any atom is -0.450 e. The summed E-state index contributed by atoms with van der Waals surface area (Å²) in [6.45, 7) is 4.44. The highest BCUT2D eigenvalue weighted by atomic mass is 35.5. The average molecular weight is 418 g/mol. The van der Waals surface area contributed by atoms with E-state index in [-0.39, 0.29) is 17.7 Å². The molecule has 2 amide bonds. The second-order valence-corrected chi connectivity index (χ2v) is 8.65. The van der Waals surface area contributed by atoms with Gasteiger partial charge in [0.05, 0.1) is 5.02 Å². The highest BCUT2D eigenvalue weighted by molar-refractivity contribution is 7.13. The number of carbonyl (C=O) groups is 2. The lowest BCUT2D eigenvalue weighted by Gasteiger charge is -2.28. The lowest BCUT2D eigenvalue weighted by molar-refractivity contribution is -0.135. The number of halogens is 1. The van der Waals surface area contributed by atoms with Crippen LogP contribution in [0.2, 0.25) is 5.02 Å². The molecule has 146 valence electrons. The van der Waals surface area contributed by atoms with Crippen LogP contribution in [0.3, 0.4) is 0 Å². The van der Waals surface area contributed by atoms with Crippen molar-refractivity contribution in [3.8, 4) is 5.75 Å². The molecule has 1 N–H and O–H groups in total. The summed E-state index contributed by atoms with van der Waals surface area (Å²) in [5.41, 5.74) is 1.84. The summed E-state index contributed by atoms with van der Waals surface area (Å²) in [5.74, 6) is 0.583. The Morgan fingerprint density at radius 3 is 2.96 bits per heavy atom. The Hall–Kier alpha value is -2.38. The van der Waals surface area contributed by atoms with Crippen molar-refractivity contribution in [2.24, 2.45) is 5.92 Å². The molecule has 0 fully saturated rings. The molecule has 0 radical (unpaired) electrons. The molecule has 1 aromatic carbocycles. The van der Waals surface area contributed by atoms with Gasteiger partial charge < -0.3 is 15.0 Å². The maximum atomic E-state index is 13.1. The Labute approximate surface area is 172 Å². The Kier molecular flexibility index (Phi) is 5.12. The van der Waals surface area contributed by atoms with Gasteiger partial charge in [-0.1, -0.05) is 37.6 Å². The van der Waals surface area contributed by atoms with Crippen LogP contribution in [0.5, 0.6) is 5.75 Å². The van der Waals surface area contributed by atoms with Crippen LogP contribution < -0.4 is 10.1 Å². The van der Waals surface area contributed by atoms with Gasteiger partial charge in [0.15, 0.2) is 10.9 Å². The Morgan fingerprint density at radius 2 is 2.25 bits per heavy atom. The summed E-state index contributed by atoms with van der Waals surface area (Å²) in [5, 5.41) is 5.63. The standard InChI is InChI=1S/C20H20ClN3O3S/c1-11(2)8-15(18(25)23-20-22-6-7-28-20)24-10-13-9-12-4-3-5-14(21)16(12)27-17(13)19(24)26/h3-7,11,15H,8-10H2,1-2H3,(H,22,23,25). The van der Waals surface area contributed by atoms with Crippen molar-refractivity contribution < 1.29 is 14.3 Å². The van der Waals surface area contributed by atoms with Crippen LogP contribution in [0, 0.1) is 5.92 Å². The summed E-state index contributed by atoms with van der Waals surface area (Å²) < 4.78 is 5.88. The van der Waals surface area contributed by atoms with Crippen molar-refractivity contribution in [1.29, 1.82) is 0 Å². The largest absolute Gasteiger partial charge is 0.450 e. The first-order valence-electron chi connectivity index (χ1n) is 9.12. The van der Waals surface area contributed by atoms with E-state index < -0.39 is 6.04 Å². The van der Waals surface area contributed by atoms with E-state index in [1.54, 1.807) is 22.5 Å². The molecule has 3 heterocycles. The number of rotatable bonds is 5. The van der Waals surface area contributed by atoms with Crippen LogP contribution in [0.4, 0.5) is 5.13 Å². The summed E-state index contributed by atoms with van der Waals surface area (Å²) in [4.78, 5) is 31.7. The van der Waals surface area contributed by atoms with E-state index in [0.717, 1.165) is 11.1 Å². The van der Waals surface area contributed by atoms with Gasteiger partial charge in [0.2, 0.25) is 5.91 Å². The summed E-state index contributed by atoms with van der Waals surface area (Å²) >= 11 is 7.58. The summed E-state index contributed by atoms with van der Waals surface area (Å²) in [7, 11) is 0. The van der Waals surface area contributed by atoms with Crippen LogP contribution >= 0.6 is 22.9 Å². The Bertz CT molecular complexity index is 956. The molecule has 2 aliphatic rings. The molecule has 8 heteroatoms. The van der Waals surface area contributed by atoms with Gasteiger partial charge in [0.1, 0.15) is 11.8 Å². The van der Waals surface area contributed by atoms with E-state index in [1.165, 1.54) is 11.3 Å². The number of hydrogen-bond donors (Lipinski definition) is 1. The molecule has 28 heavy (non-hydrogen) atoms. The molecule has 2 aromatic rings. The number of hydrogen-bond acceptors (Lipinski definition) is 5. The number of nitrogens with zero attached hydrogens (tertiary/aromatic N) is 2. The highest BCUT2D eigenvalue weighted by Crippen LogP contribution is 2.39. The molecule has 1 atom stereocenters. The van der Waals surface area contributed by atoms with Crippen molar-refractivity contribution in [2.75, 3.05) is 11.9 Å². The van der Waals surface area contributed by atoms with Gasteiger partial charge >= 0.3 is 0 Å². The number of anilines is 1. The molecule has 0 saturated heterocycles. The van der Waals surface area contributed by atoms with Crippen LogP contribution in [0.1, 0.15) is 25.8 Å². The van der Waals surface area contributed by atoms with Crippen molar-refractivity contribution in [2.45, 2.75) is 32.7 Å². The first-order chi connectivity index (χ1) is 13.4. The predicted molar refractivity (Wildman–Crippen MR) is 109 cm³/mol. The van der Waals surface area contributed by atoms with Gasteiger partial charge in [0.25, 0.3) is 5.91 Å². The fourth-order valence-corrected chi connectivity index (χ4v) is 4.33. The first kappa shape index (κ1) is 19.0. The minimum absolute atomic E-state index is 0.229. The van der Waals surface area contributed by atoms with Gasteiger partial charge in [-0.15, -0.1) is 11.3 Å². The number of benzene rings is 1. The van der Waals surface area contributed by atoms with Gasteiger partial charge in [0, 0.05) is 35.7 Å². The summed E-state index contributed by atoms with van der Waals surface area (Å²) in [6.07, 6.45) is 2.78. The molecule has 0 saturated carbocycles. The SMILES string of the molecule is CC(C)CC(C(=O)Nc1nccs1)N1CC2=C(Oc3c(Cl)cccc3C2)C1=O. The molecule has 0 aliphatic carbocycles. The van der Waals surface area contributed by atoms with E-state index in [2.05, 4.69) is 10.3 Å². The Morgan fingerprint density at radius 1 is 1.43 bits per heavy atom. The van der Waals surface area contributed by atoms with E-state index >= 15 is 0 Å². The topological polar surface area (TPSA) is 71.5 Å². The fraction of sp³-hybridized carbons (Fsp3) is 0.350. The molecule has 2 aliphatic heterocycles. The van der Waals surface area contributed by atoms with Gasteiger partial charge in [-0.3, -0.25) is 9.59 Å². The zero-order valence-corrected chi connectivity index (χ0v) is 17.1. The molecule has 6 nitrogen and oxygen atoms in total. The summed E-state index contributed by atoms with van der Waals surface area (Å²) in [6, 6.07) is 4.96.